The number of hydrogen-bond donors (Lipinski definition) is 1. The molecule has 1 aromatic heterocycles. The number of likely N-dealkylation sites (N-methyl/N-ethyl adjacent to an activating group) is 1. The third-order valence-electron chi connectivity index (χ3n) is 4.19. The Morgan fingerprint density at radius 2 is 2.05 bits per heavy atom. The van der Waals surface area contributed by atoms with E-state index in [0.717, 1.165) is 13.0 Å². The lowest BCUT2D eigenvalue weighted by Crippen LogP contribution is -2.24. The lowest BCUT2D eigenvalue weighted by atomic mass is 9.90. The van der Waals surface area contributed by atoms with Crippen molar-refractivity contribution in [3.8, 4) is 0 Å². The summed E-state index contributed by atoms with van der Waals surface area (Å²) in [5, 5.41) is 8.30. The second-order valence-electron chi connectivity index (χ2n) is 5.78. The second kappa shape index (κ2) is 7.63. The van der Waals surface area contributed by atoms with Gasteiger partial charge in [-0.3, -0.25) is 4.68 Å². The van der Waals surface area contributed by atoms with Gasteiger partial charge in [0.15, 0.2) is 0 Å². The first-order chi connectivity index (χ1) is 9.76. The van der Waals surface area contributed by atoms with Crippen LogP contribution in [0.4, 0.5) is 0 Å². The van der Waals surface area contributed by atoms with Gasteiger partial charge >= 0.3 is 0 Å². The van der Waals surface area contributed by atoms with Gasteiger partial charge in [-0.2, -0.15) is 5.10 Å². The van der Waals surface area contributed by atoms with Crippen molar-refractivity contribution in [2.45, 2.75) is 64.8 Å². The standard InChI is InChI=1S/C17H29N3/c1-4-16-15(13-20(3)19-16)17(18-5-2)14-11-9-7-6-8-10-12-14/h11,13,17-18H,4-10,12H2,1-3H3. The number of rotatable bonds is 5. The first kappa shape index (κ1) is 15.3. The predicted octanol–water partition coefficient (Wildman–Crippen LogP) is 3.91. The van der Waals surface area contributed by atoms with Gasteiger partial charge in [-0.1, -0.05) is 38.3 Å². The van der Waals surface area contributed by atoms with Gasteiger partial charge in [0.1, 0.15) is 0 Å². The van der Waals surface area contributed by atoms with Crippen LogP contribution in [-0.4, -0.2) is 16.3 Å². The normalized spacial score (nSPS) is 18.2. The van der Waals surface area contributed by atoms with Gasteiger partial charge in [0.2, 0.25) is 0 Å². The van der Waals surface area contributed by atoms with Crippen LogP contribution in [0.25, 0.3) is 0 Å². The molecule has 0 aliphatic heterocycles. The van der Waals surface area contributed by atoms with Crippen LogP contribution in [-0.2, 0) is 13.5 Å². The minimum atomic E-state index is 0.363. The van der Waals surface area contributed by atoms with Crippen molar-refractivity contribution in [1.82, 2.24) is 15.1 Å². The Hall–Kier alpha value is -1.09. The zero-order valence-electron chi connectivity index (χ0n) is 13.3. The van der Waals surface area contributed by atoms with E-state index in [1.807, 2.05) is 11.7 Å². The van der Waals surface area contributed by atoms with Crippen LogP contribution in [0.5, 0.6) is 0 Å². The van der Waals surface area contributed by atoms with E-state index in [0.29, 0.717) is 6.04 Å². The lowest BCUT2D eigenvalue weighted by molar-refractivity contribution is 0.551. The highest BCUT2D eigenvalue weighted by atomic mass is 15.3. The molecule has 20 heavy (non-hydrogen) atoms. The van der Waals surface area contributed by atoms with E-state index in [4.69, 9.17) is 0 Å². The Labute approximate surface area is 123 Å². The first-order valence-electron chi connectivity index (χ1n) is 8.21. The molecule has 0 saturated carbocycles. The summed E-state index contributed by atoms with van der Waals surface area (Å²) < 4.78 is 1.96. The monoisotopic (exact) mass is 275 g/mol. The molecule has 1 atom stereocenters. The molecule has 0 radical (unpaired) electrons. The molecule has 0 aromatic carbocycles. The van der Waals surface area contributed by atoms with Crippen molar-refractivity contribution in [3.05, 3.63) is 29.1 Å². The molecule has 1 N–H and O–H groups in total. The molecule has 0 bridgehead atoms. The Bertz CT molecular complexity index is 445. The summed E-state index contributed by atoms with van der Waals surface area (Å²) in [6.07, 6.45) is 13.6. The molecule has 1 aromatic rings. The summed E-state index contributed by atoms with van der Waals surface area (Å²) in [6, 6.07) is 0.363. The van der Waals surface area contributed by atoms with Crippen molar-refractivity contribution >= 4 is 0 Å². The van der Waals surface area contributed by atoms with Crippen molar-refractivity contribution in [2.24, 2.45) is 7.05 Å². The third-order valence-corrected chi connectivity index (χ3v) is 4.19. The maximum absolute atomic E-state index is 4.62. The van der Waals surface area contributed by atoms with Crippen molar-refractivity contribution < 1.29 is 0 Å². The molecule has 3 nitrogen and oxygen atoms in total. The van der Waals surface area contributed by atoms with Crippen molar-refractivity contribution in [1.29, 1.82) is 0 Å². The maximum atomic E-state index is 4.62. The van der Waals surface area contributed by atoms with E-state index in [1.54, 1.807) is 5.57 Å². The summed E-state index contributed by atoms with van der Waals surface area (Å²) in [4.78, 5) is 0. The minimum absolute atomic E-state index is 0.363. The molecule has 0 saturated heterocycles. The zero-order valence-corrected chi connectivity index (χ0v) is 13.3. The minimum Gasteiger partial charge on any atom is -0.307 e. The fourth-order valence-electron chi connectivity index (χ4n) is 3.19. The summed E-state index contributed by atoms with van der Waals surface area (Å²) in [5.41, 5.74) is 4.19. The number of nitrogens with one attached hydrogen (secondary N) is 1. The number of aryl methyl sites for hydroxylation is 2. The van der Waals surface area contributed by atoms with Crippen LogP contribution in [0, 0.1) is 0 Å². The molecule has 1 aliphatic rings. The quantitative estimate of drug-likeness (QED) is 0.826. The van der Waals surface area contributed by atoms with E-state index < -0.39 is 0 Å². The van der Waals surface area contributed by atoms with Gasteiger partial charge in [-0.25, -0.2) is 0 Å². The van der Waals surface area contributed by atoms with E-state index >= 15 is 0 Å². The fraction of sp³-hybridized carbons (Fsp3) is 0.706. The maximum Gasteiger partial charge on any atom is 0.0672 e. The number of aromatic nitrogens is 2. The van der Waals surface area contributed by atoms with Crippen LogP contribution in [0.15, 0.2) is 17.8 Å². The van der Waals surface area contributed by atoms with E-state index in [2.05, 4.69) is 36.5 Å². The fourth-order valence-corrected chi connectivity index (χ4v) is 3.19. The van der Waals surface area contributed by atoms with E-state index in [-0.39, 0.29) is 0 Å². The van der Waals surface area contributed by atoms with Gasteiger partial charge in [-0.15, -0.1) is 0 Å². The molecule has 112 valence electrons. The Kier molecular flexibility index (Phi) is 5.84. The lowest BCUT2D eigenvalue weighted by Gasteiger charge is -2.23. The summed E-state index contributed by atoms with van der Waals surface area (Å²) in [6.45, 7) is 5.39. The molecule has 3 heteroatoms. The van der Waals surface area contributed by atoms with Crippen molar-refractivity contribution in [3.63, 3.8) is 0 Å². The number of hydrogen-bond acceptors (Lipinski definition) is 2. The van der Waals surface area contributed by atoms with Gasteiger partial charge in [-0.05, 0) is 38.6 Å². The van der Waals surface area contributed by atoms with E-state index in [9.17, 15) is 0 Å². The molecular formula is C17H29N3. The average molecular weight is 275 g/mol. The van der Waals surface area contributed by atoms with Gasteiger partial charge < -0.3 is 5.32 Å². The third kappa shape index (κ3) is 3.72. The van der Waals surface area contributed by atoms with Crippen LogP contribution >= 0.6 is 0 Å². The molecule has 1 heterocycles. The molecule has 0 fully saturated rings. The molecular weight excluding hydrogens is 246 g/mol. The summed E-state index contributed by atoms with van der Waals surface area (Å²) in [5.74, 6) is 0. The molecule has 2 rings (SSSR count). The Balaban J connectivity index is 2.28. The summed E-state index contributed by atoms with van der Waals surface area (Å²) in [7, 11) is 2.03. The molecule has 0 amide bonds. The van der Waals surface area contributed by atoms with Gasteiger partial charge in [0.05, 0.1) is 11.7 Å². The predicted molar refractivity (Wildman–Crippen MR) is 84.8 cm³/mol. The highest BCUT2D eigenvalue weighted by Gasteiger charge is 2.21. The molecule has 1 unspecified atom stereocenters. The topological polar surface area (TPSA) is 29.9 Å². The first-order valence-corrected chi connectivity index (χ1v) is 8.21. The van der Waals surface area contributed by atoms with Crippen LogP contribution in [0.2, 0.25) is 0 Å². The number of nitrogens with zero attached hydrogens (tertiary/aromatic N) is 2. The highest BCUT2D eigenvalue weighted by molar-refractivity contribution is 5.30. The van der Waals surface area contributed by atoms with Gasteiger partial charge in [0, 0.05) is 18.8 Å². The van der Waals surface area contributed by atoms with Crippen LogP contribution < -0.4 is 5.32 Å². The Morgan fingerprint density at radius 1 is 1.25 bits per heavy atom. The zero-order chi connectivity index (χ0) is 14.4. The largest absolute Gasteiger partial charge is 0.307 e. The van der Waals surface area contributed by atoms with Crippen LogP contribution in [0.1, 0.15) is 69.7 Å². The van der Waals surface area contributed by atoms with Gasteiger partial charge in [0.25, 0.3) is 0 Å². The molecule has 0 spiro atoms. The van der Waals surface area contributed by atoms with E-state index in [1.165, 1.54) is 49.8 Å². The number of allylic oxidation sites excluding steroid dienone is 1. The Morgan fingerprint density at radius 3 is 2.80 bits per heavy atom. The van der Waals surface area contributed by atoms with Crippen molar-refractivity contribution in [2.75, 3.05) is 6.54 Å². The second-order valence-corrected chi connectivity index (χ2v) is 5.78. The smallest absolute Gasteiger partial charge is 0.0672 e. The SMILES string of the molecule is CCNC(C1=CCCCCCC1)c1cn(C)nc1CC. The average Bonchev–Trinajstić information content (AvgIpc) is 2.77. The summed E-state index contributed by atoms with van der Waals surface area (Å²) >= 11 is 0. The van der Waals surface area contributed by atoms with Crippen LogP contribution in [0.3, 0.4) is 0 Å². The molecule has 1 aliphatic carbocycles. The highest BCUT2D eigenvalue weighted by Crippen LogP contribution is 2.30.